The highest BCUT2D eigenvalue weighted by Gasteiger charge is 2.46. The summed E-state index contributed by atoms with van der Waals surface area (Å²) in [4.78, 5) is 31.1. The molecule has 8 nitrogen and oxygen atoms in total. The quantitative estimate of drug-likeness (QED) is 0.816. The average Bonchev–Trinajstić information content (AvgIpc) is 3.47. The van der Waals surface area contributed by atoms with Crippen LogP contribution in [0.4, 0.5) is 0 Å². The van der Waals surface area contributed by atoms with E-state index in [2.05, 4.69) is 20.5 Å². The lowest BCUT2D eigenvalue weighted by molar-refractivity contribution is 0.0669. The van der Waals surface area contributed by atoms with Crippen LogP contribution >= 0.6 is 0 Å². The lowest BCUT2D eigenvalue weighted by atomic mass is 9.93. The Hall–Kier alpha value is -2.74. The first-order valence-corrected chi connectivity index (χ1v) is 9.86. The molecule has 0 unspecified atom stereocenters. The summed E-state index contributed by atoms with van der Waals surface area (Å²) in [6.07, 6.45) is 6.22. The van der Waals surface area contributed by atoms with Crippen molar-refractivity contribution in [1.29, 1.82) is 0 Å². The zero-order valence-corrected chi connectivity index (χ0v) is 15.6. The number of aromatic amines is 1. The normalized spacial score (nSPS) is 25.6. The van der Waals surface area contributed by atoms with Gasteiger partial charge in [0.25, 0.3) is 11.8 Å². The number of nitrogens with zero attached hydrogens (tertiary/aromatic N) is 3. The lowest BCUT2D eigenvalue weighted by Gasteiger charge is -2.20. The molecule has 0 aromatic carbocycles. The highest BCUT2D eigenvalue weighted by atomic mass is 16.5. The molecule has 2 fully saturated rings. The highest BCUT2D eigenvalue weighted by molar-refractivity contribution is 5.94. The molecule has 3 atom stereocenters. The minimum atomic E-state index is -0.130. The highest BCUT2D eigenvalue weighted by Crippen LogP contribution is 2.34. The number of carbonyl (C=O) groups is 2. The van der Waals surface area contributed by atoms with Crippen LogP contribution in [0.15, 0.2) is 24.5 Å². The fraction of sp³-hybridized carbons (Fsp3) is 0.500. The van der Waals surface area contributed by atoms with Gasteiger partial charge in [-0.3, -0.25) is 19.7 Å². The van der Waals surface area contributed by atoms with Gasteiger partial charge in [-0.1, -0.05) is 0 Å². The van der Waals surface area contributed by atoms with Crippen LogP contribution in [0.3, 0.4) is 0 Å². The maximum atomic E-state index is 13.0. The van der Waals surface area contributed by atoms with Crippen LogP contribution in [0.1, 0.15) is 38.5 Å². The van der Waals surface area contributed by atoms with Gasteiger partial charge >= 0.3 is 0 Å². The Morgan fingerprint density at radius 1 is 1.32 bits per heavy atom. The molecule has 0 radical (unpaired) electrons. The number of H-pyrrole nitrogens is 1. The van der Waals surface area contributed by atoms with Crippen LogP contribution in [0.25, 0.3) is 0 Å². The van der Waals surface area contributed by atoms with Crippen LogP contribution < -0.4 is 5.32 Å². The zero-order chi connectivity index (χ0) is 19.1. The molecule has 2 aromatic heterocycles. The fourth-order valence-electron chi connectivity index (χ4n) is 4.64. The van der Waals surface area contributed by atoms with E-state index < -0.39 is 0 Å². The third-order valence-corrected chi connectivity index (χ3v) is 6.18. The average molecular weight is 381 g/mol. The van der Waals surface area contributed by atoms with E-state index in [4.69, 9.17) is 4.74 Å². The molecular formula is C20H23N5O3. The molecule has 28 heavy (non-hydrogen) atoms. The second-order valence-electron chi connectivity index (χ2n) is 7.84. The Morgan fingerprint density at radius 3 is 3.11 bits per heavy atom. The van der Waals surface area contributed by atoms with E-state index in [9.17, 15) is 9.59 Å². The van der Waals surface area contributed by atoms with Crippen molar-refractivity contribution in [2.24, 2.45) is 11.8 Å². The predicted molar refractivity (Wildman–Crippen MR) is 99.8 cm³/mol. The third kappa shape index (κ3) is 2.97. The molecule has 5 rings (SSSR count). The van der Waals surface area contributed by atoms with Crippen LogP contribution in [0, 0.1) is 11.8 Å². The van der Waals surface area contributed by atoms with Gasteiger partial charge in [0, 0.05) is 55.1 Å². The number of carbonyl (C=O) groups excluding carboxylic acids is 2. The van der Waals surface area contributed by atoms with Gasteiger partial charge in [0.15, 0.2) is 5.69 Å². The van der Waals surface area contributed by atoms with Crippen molar-refractivity contribution in [2.75, 3.05) is 26.2 Å². The van der Waals surface area contributed by atoms with E-state index in [1.54, 1.807) is 24.5 Å². The summed E-state index contributed by atoms with van der Waals surface area (Å²) in [5, 5.41) is 10.3. The summed E-state index contributed by atoms with van der Waals surface area (Å²) in [7, 11) is 0. The van der Waals surface area contributed by atoms with Crippen molar-refractivity contribution in [3.8, 4) is 0 Å². The summed E-state index contributed by atoms with van der Waals surface area (Å²) in [5.41, 5.74) is 3.32. The largest absolute Gasteiger partial charge is 0.376 e. The monoisotopic (exact) mass is 381 g/mol. The van der Waals surface area contributed by atoms with Crippen LogP contribution in [0.5, 0.6) is 0 Å². The van der Waals surface area contributed by atoms with Crippen molar-refractivity contribution in [3.63, 3.8) is 0 Å². The molecule has 2 amide bonds. The molecule has 2 aliphatic heterocycles. The number of hydrogen-bond donors (Lipinski definition) is 2. The molecule has 1 aliphatic carbocycles. The SMILES string of the molecule is O=C(NC[C@H]1CO[C@@H]2CN(C(=O)c3n[nH]c4c3CCC4)C[C@H]12)c1cccnc1. The lowest BCUT2D eigenvalue weighted by Crippen LogP contribution is -2.35. The number of likely N-dealkylation sites (tertiary alicyclic amines) is 1. The molecule has 2 aromatic rings. The van der Waals surface area contributed by atoms with Gasteiger partial charge in [-0.2, -0.15) is 5.10 Å². The van der Waals surface area contributed by atoms with Gasteiger partial charge < -0.3 is 15.0 Å². The molecule has 146 valence electrons. The first-order chi connectivity index (χ1) is 13.7. The van der Waals surface area contributed by atoms with E-state index in [0.717, 1.165) is 30.5 Å². The summed E-state index contributed by atoms with van der Waals surface area (Å²) >= 11 is 0. The Kier molecular flexibility index (Phi) is 4.35. The first-order valence-electron chi connectivity index (χ1n) is 9.86. The minimum absolute atomic E-state index is 0.00412. The molecule has 2 saturated heterocycles. The summed E-state index contributed by atoms with van der Waals surface area (Å²) < 4.78 is 5.93. The van der Waals surface area contributed by atoms with Gasteiger partial charge in [-0.25, -0.2) is 0 Å². The Morgan fingerprint density at radius 2 is 2.25 bits per heavy atom. The minimum Gasteiger partial charge on any atom is -0.376 e. The zero-order valence-electron chi connectivity index (χ0n) is 15.6. The molecule has 0 spiro atoms. The van der Waals surface area contributed by atoms with Crippen LogP contribution in [0.2, 0.25) is 0 Å². The second kappa shape index (κ2) is 7.01. The fourth-order valence-corrected chi connectivity index (χ4v) is 4.64. The summed E-state index contributed by atoms with van der Waals surface area (Å²) in [5.74, 6) is 0.309. The number of ether oxygens (including phenoxy) is 1. The molecular weight excluding hydrogens is 358 g/mol. The maximum Gasteiger partial charge on any atom is 0.274 e. The van der Waals surface area contributed by atoms with Gasteiger partial charge in [0.1, 0.15) is 0 Å². The van der Waals surface area contributed by atoms with Gasteiger partial charge in [0.2, 0.25) is 0 Å². The van der Waals surface area contributed by atoms with Crippen molar-refractivity contribution in [3.05, 3.63) is 47.0 Å². The standard InChI is InChI=1S/C20H23N5O3/c26-19(12-3-2-6-21-7-12)22-8-13-11-28-17-10-25(9-15(13)17)20(27)18-14-4-1-5-16(14)23-24-18/h2-3,6-7,13,15,17H,1,4-5,8-11H2,(H,22,26)(H,23,24)/t13-,15+,17+/m0/s1. The van der Waals surface area contributed by atoms with Crippen LogP contribution in [-0.4, -0.2) is 64.2 Å². The third-order valence-electron chi connectivity index (χ3n) is 6.18. The van der Waals surface area contributed by atoms with Gasteiger partial charge in [-0.15, -0.1) is 0 Å². The smallest absolute Gasteiger partial charge is 0.274 e. The molecule has 3 aliphatic rings. The predicted octanol–water partition coefficient (Wildman–Crippen LogP) is 0.810. The van der Waals surface area contributed by atoms with E-state index in [-0.39, 0.29) is 29.8 Å². The summed E-state index contributed by atoms with van der Waals surface area (Å²) in [6, 6.07) is 3.49. The number of nitrogens with one attached hydrogen (secondary N) is 2. The van der Waals surface area contributed by atoms with Gasteiger partial charge in [-0.05, 0) is 31.4 Å². The van der Waals surface area contributed by atoms with Crippen molar-refractivity contribution in [1.82, 2.24) is 25.4 Å². The molecule has 8 heteroatoms. The first kappa shape index (κ1) is 17.4. The number of amides is 2. The van der Waals surface area contributed by atoms with Crippen molar-refractivity contribution in [2.45, 2.75) is 25.4 Å². The Bertz CT molecular complexity index is 897. The van der Waals surface area contributed by atoms with E-state index in [1.165, 1.54) is 0 Å². The van der Waals surface area contributed by atoms with Crippen molar-refractivity contribution < 1.29 is 14.3 Å². The topological polar surface area (TPSA) is 100 Å². The molecule has 4 heterocycles. The van der Waals surface area contributed by atoms with E-state index >= 15 is 0 Å². The van der Waals surface area contributed by atoms with E-state index in [1.807, 2.05) is 4.90 Å². The van der Waals surface area contributed by atoms with Crippen molar-refractivity contribution >= 4 is 11.8 Å². The van der Waals surface area contributed by atoms with E-state index in [0.29, 0.717) is 37.5 Å². The number of rotatable bonds is 4. The number of hydrogen-bond acceptors (Lipinski definition) is 5. The molecule has 0 bridgehead atoms. The number of fused-ring (bicyclic) bond motifs is 2. The maximum absolute atomic E-state index is 13.0. The number of aryl methyl sites for hydroxylation is 1. The Labute approximate surface area is 162 Å². The molecule has 0 saturated carbocycles. The summed E-state index contributed by atoms with van der Waals surface area (Å²) in [6.45, 7) is 2.40. The number of pyridine rings is 1. The molecule has 2 N–H and O–H groups in total. The van der Waals surface area contributed by atoms with Gasteiger partial charge in [0.05, 0.1) is 18.3 Å². The number of aromatic nitrogens is 3. The second-order valence-corrected chi connectivity index (χ2v) is 7.84. The van der Waals surface area contributed by atoms with Crippen LogP contribution in [-0.2, 0) is 17.6 Å². The Balaban J connectivity index is 1.21.